The van der Waals surface area contributed by atoms with E-state index in [-0.39, 0.29) is 17.0 Å². The molecule has 0 spiro atoms. The normalized spacial score (nSPS) is 23.4. The third-order valence-corrected chi connectivity index (χ3v) is 7.01. The predicted octanol–water partition coefficient (Wildman–Crippen LogP) is 3.07. The molecule has 2 atom stereocenters. The van der Waals surface area contributed by atoms with Gasteiger partial charge in [0.05, 0.1) is 23.0 Å². The van der Waals surface area contributed by atoms with Crippen molar-refractivity contribution in [3.8, 4) is 11.1 Å². The van der Waals surface area contributed by atoms with Crippen molar-refractivity contribution in [2.75, 3.05) is 12.4 Å². The lowest BCUT2D eigenvalue weighted by Gasteiger charge is -2.42. The van der Waals surface area contributed by atoms with Crippen molar-refractivity contribution in [1.29, 1.82) is 0 Å². The van der Waals surface area contributed by atoms with Crippen molar-refractivity contribution in [2.24, 2.45) is 11.1 Å². The summed E-state index contributed by atoms with van der Waals surface area (Å²) < 4.78 is 1.80. The number of nitrogens with zero attached hydrogens (tertiary/aromatic N) is 3. The number of nitrogens with one attached hydrogen (secondary N) is 2. The summed E-state index contributed by atoms with van der Waals surface area (Å²) in [5, 5.41) is 11.6. The third kappa shape index (κ3) is 3.06. The fourth-order valence-electron chi connectivity index (χ4n) is 4.47. The van der Waals surface area contributed by atoms with Crippen molar-refractivity contribution in [2.45, 2.75) is 45.2 Å². The van der Waals surface area contributed by atoms with Crippen LogP contribution in [0.3, 0.4) is 0 Å². The molecule has 1 unspecified atom stereocenters. The van der Waals surface area contributed by atoms with Crippen LogP contribution in [0.15, 0.2) is 43.0 Å². The van der Waals surface area contributed by atoms with E-state index in [1.165, 1.54) is 0 Å². The Morgan fingerprint density at radius 2 is 1.97 bits per heavy atom. The molecule has 4 N–H and O–H groups in total. The van der Waals surface area contributed by atoms with E-state index in [0.717, 1.165) is 35.2 Å². The van der Waals surface area contributed by atoms with Crippen LogP contribution in [0.2, 0.25) is 0 Å². The Labute approximate surface area is 170 Å². The highest BCUT2D eigenvalue weighted by Crippen LogP contribution is 2.47. The summed E-state index contributed by atoms with van der Waals surface area (Å²) in [6, 6.07) is 6.13. The first kappa shape index (κ1) is 19.4. The largest absolute Gasteiger partial charge is 0.379 e. The number of primary amides is 1. The van der Waals surface area contributed by atoms with Crippen molar-refractivity contribution in [1.82, 2.24) is 19.9 Å². The third-order valence-electron chi connectivity index (χ3n) is 7.01. The molecule has 3 heterocycles. The Balaban J connectivity index is 1.81. The molecule has 29 heavy (non-hydrogen) atoms. The van der Waals surface area contributed by atoms with Gasteiger partial charge in [0.1, 0.15) is 0 Å². The van der Waals surface area contributed by atoms with E-state index >= 15 is 0 Å². The fourth-order valence-corrected chi connectivity index (χ4v) is 4.47. The molecule has 7 heteroatoms. The Bertz CT molecular complexity index is 1060. The van der Waals surface area contributed by atoms with Crippen molar-refractivity contribution < 1.29 is 4.79 Å². The van der Waals surface area contributed by atoms with Gasteiger partial charge in [-0.25, -0.2) is 4.52 Å². The Kier molecular flexibility index (Phi) is 4.58. The van der Waals surface area contributed by atoms with Gasteiger partial charge < -0.3 is 16.4 Å². The molecule has 0 aromatic carbocycles. The van der Waals surface area contributed by atoms with E-state index in [1.807, 2.05) is 31.4 Å². The lowest BCUT2D eigenvalue weighted by atomic mass is 9.74. The molecule has 1 aliphatic rings. The molecule has 7 nitrogen and oxygen atoms in total. The second kappa shape index (κ2) is 6.84. The van der Waals surface area contributed by atoms with Gasteiger partial charge in [-0.3, -0.25) is 9.78 Å². The van der Waals surface area contributed by atoms with E-state index in [1.54, 1.807) is 23.1 Å². The quantitative estimate of drug-likeness (QED) is 0.620. The Morgan fingerprint density at radius 1 is 1.24 bits per heavy atom. The van der Waals surface area contributed by atoms with Crippen LogP contribution in [-0.2, 0) is 0 Å². The number of pyridine rings is 1. The number of carbonyl (C=O) groups excluding carboxylic acids is 1. The minimum Gasteiger partial charge on any atom is -0.379 e. The molecule has 0 radical (unpaired) electrons. The number of fused-ring (bicyclic) bond motifs is 1. The number of hydrogen-bond donors (Lipinski definition) is 3. The molecule has 152 valence electrons. The van der Waals surface area contributed by atoms with Crippen LogP contribution in [0.25, 0.3) is 16.6 Å². The van der Waals surface area contributed by atoms with Gasteiger partial charge >= 0.3 is 0 Å². The average Bonchev–Trinajstić information content (AvgIpc) is 3.24. The zero-order valence-electron chi connectivity index (χ0n) is 17.4. The number of hydrogen-bond acceptors (Lipinski definition) is 5. The van der Waals surface area contributed by atoms with Gasteiger partial charge in [0.15, 0.2) is 0 Å². The summed E-state index contributed by atoms with van der Waals surface area (Å²) in [6.45, 7) is 6.78. The van der Waals surface area contributed by atoms with Crippen LogP contribution in [0.5, 0.6) is 0 Å². The molecule has 1 fully saturated rings. The first-order chi connectivity index (χ1) is 13.8. The Hall–Kier alpha value is -2.93. The number of amides is 1. The summed E-state index contributed by atoms with van der Waals surface area (Å²) in [4.78, 5) is 16.3. The maximum Gasteiger partial charge on any atom is 0.252 e. The van der Waals surface area contributed by atoms with Crippen LogP contribution < -0.4 is 16.4 Å². The van der Waals surface area contributed by atoms with Crippen molar-refractivity contribution in [3.05, 3.63) is 48.5 Å². The van der Waals surface area contributed by atoms with E-state index in [2.05, 4.69) is 41.5 Å². The number of rotatable bonds is 5. The van der Waals surface area contributed by atoms with E-state index < -0.39 is 5.91 Å². The monoisotopic (exact) mass is 392 g/mol. The van der Waals surface area contributed by atoms with Crippen LogP contribution in [0.4, 0.5) is 5.69 Å². The Morgan fingerprint density at radius 3 is 2.59 bits per heavy atom. The van der Waals surface area contributed by atoms with Gasteiger partial charge in [0.2, 0.25) is 0 Å². The highest BCUT2D eigenvalue weighted by Gasteiger charge is 2.51. The molecule has 1 amide bonds. The maximum absolute atomic E-state index is 12.2. The van der Waals surface area contributed by atoms with Gasteiger partial charge in [-0.05, 0) is 50.6 Å². The fraction of sp³-hybridized carbons (Fsp3) is 0.409. The molecule has 4 rings (SSSR count). The van der Waals surface area contributed by atoms with Crippen LogP contribution in [-0.4, -0.2) is 39.1 Å². The molecule has 0 saturated heterocycles. The number of aromatic nitrogens is 3. The molecule has 3 aromatic rings. The molecule has 1 saturated carbocycles. The van der Waals surface area contributed by atoms with Gasteiger partial charge in [-0.2, -0.15) is 5.10 Å². The molecular weight excluding hydrogens is 364 g/mol. The number of anilines is 1. The highest BCUT2D eigenvalue weighted by atomic mass is 16.1. The van der Waals surface area contributed by atoms with Crippen LogP contribution in [0, 0.1) is 5.41 Å². The van der Waals surface area contributed by atoms with E-state index in [4.69, 9.17) is 5.73 Å². The summed E-state index contributed by atoms with van der Waals surface area (Å²) in [6.07, 6.45) is 9.07. The lowest BCUT2D eigenvalue weighted by molar-refractivity contribution is 0.100. The molecule has 0 bridgehead atoms. The van der Waals surface area contributed by atoms with Gasteiger partial charge in [-0.1, -0.05) is 13.8 Å². The van der Waals surface area contributed by atoms with Crippen LogP contribution >= 0.6 is 0 Å². The summed E-state index contributed by atoms with van der Waals surface area (Å²) >= 11 is 0. The van der Waals surface area contributed by atoms with Crippen molar-refractivity contribution in [3.63, 3.8) is 0 Å². The second-order valence-electron chi connectivity index (χ2n) is 8.63. The standard InChI is InChI=1S/C22H28N6O/c1-21(2)18(5-8-22(21,3)24-4)27-19-16(20(23)29)12-26-28-13-15(11-17(19)28)14-6-9-25-10-7-14/h6-7,9-13,18,24,27H,5,8H2,1-4H3,(H2,23,29)/t18-,22?/m1/s1. The van der Waals surface area contributed by atoms with E-state index in [0.29, 0.717) is 5.56 Å². The van der Waals surface area contributed by atoms with Gasteiger partial charge in [-0.15, -0.1) is 0 Å². The van der Waals surface area contributed by atoms with Crippen LogP contribution in [0.1, 0.15) is 44.0 Å². The minimum absolute atomic E-state index is 0.00502. The first-order valence-corrected chi connectivity index (χ1v) is 9.94. The summed E-state index contributed by atoms with van der Waals surface area (Å²) in [5.41, 5.74) is 9.71. The second-order valence-corrected chi connectivity index (χ2v) is 8.63. The molecule has 3 aromatic heterocycles. The molecular formula is C22H28N6O. The average molecular weight is 393 g/mol. The topological polar surface area (TPSA) is 97.3 Å². The predicted molar refractivity (Wildman–Crippen MR) is 115 cm³/mol. The summed E-state index contributed by atoms with van der Waals surface area (Å²) in [5.74, 6) is -0.485. The highest BCUT2D eigenvalue weighted by molar-refractivity contribution is 6.02. The minimum atomic E-state index is -0.485. The van der Waals surface area contributed by atoms with E-state index in [9.17, 15) is 4.79 Å². The number of carbonyl (C=O) groups is 1. The molecule has 1 aliphatic carbocycles. The SMILES string of the molecule is CNC1(C)CC[C@@H](Nc2c(C(N)=O)cnn3cc(-c4ccncc4)cc23)C1(C)C. The van der Waals surface area contributed by atoms with Crippen molar-refractivity contribution >= 4 is 17.1 Å². The molecule has 0 aliphatic heterocycles. The zero-order chi connectivity index (χ0) is 20.8. The van der Waals surface area contributed by atoms with Gasteiger partial charge in [0.25, 0.3) is 5.91 Å². The smallest absolute Gasteiger partial charge is 0.252 e. The number of nitrogens with two attached hydrogens (primary N) is 1. The first-order valence-electron chi connectivity index (χ1n) is 9.94. The zero-order valence-corrected chi connectivity index (χ0v) is 17.4. The summed E-state index contributed by atoms with van der Waals surface area (Å²) in [7, 11) is 2.01. The lowest BCUT2D eigenvalue weighted by Crippen LogP contribution is -2.53. The maximum atomic E-state index is 12.2. The van der Waals surface area contributed by atoms with Gasteiger partial charge in [0, 0.05) is 41.1 Å².